The molecule has 0 saturated heterocycles. The minimum absolute atomic E-state index is 0.194. The summed E-state index contributed by atoms with van der Waals surface area (Å²) in [5.74, 6) is -0.159. The number of aryl methyl sites for hydroxylation is 1. The van der Waals surface area contributed by atoms with Crippen molar-refractivity contribution >= 4 is 33.3 Å². The number of aliphatic carboxylic acids is 1. The first-order chi connectivity index (χ1) is 19.8. The largest absolute Gasteiger partial charge is 0.481 e. The molecule has 0 spiro atoms. The molecule has 0 radical (unpaired) electrons. The zero-order chi connectivity index (χ0) is 30.5. The highest BCUT2D eigenvalue weighted by Gasteiger charge is 2.42. The molecule has 2 aliphatic heterocycles. The van der Waals surface area contributed by atoms with Crippen molar-refractivity contribution in [2.24, 2.45) is 15.5 Å². The van der Waals surface area contributed by atoms with Gasteiger partial charge in [0.15, 0.2) is 5.71 Å². The monoisotopic (exact) mass is 593 g/mol. The van der Waals surface area contributed by atoms with E-state index in [-0.39, 0.29) is 24.0 Å². The van der Waals surface area contributed by atoms with Gasteiger partial charge in [0.25, 0.3) is 10.1 Å². The van der Waals surface area contributed by atoms with Crippen LogP contribution in [-0.2, 0) is 26.9 Å². The maximum absolute atomic E-state index is 11.3. The van der Waals surface area contributed by atoms with Crippen molar-refractivity contribution in [1.29, 1.82) is 0 Å². The maximum Gasteiger partial charge on any atom is 0.327 e. The molecule has 0 saturated carbocycles. The SMILES string of the molecule is CC1(C)C(c2ccccc2)=NN(CCCS(=O)(=O)O)/C1=C/C=C/C1=Nc2c(ccc[n+]2CCCCCC(=O)O)C1(C)C. The molecule has 3 heterocycles. The zero-order valence-electron chi connectivity index (χ0n) is 24.8. The molecule has 0 amide bonds. The van der Waals surface area contributed by atoms with Crippen molar-refractivity contribution in [3.05, 3.63) is 83.7 Å². The number of nitrogens with zero attached hydrogens (tertiary/aromatic N) is 4. The van der Waals surface area contributed by atoms with Gasteiger partial charge in [-0.2, -0.15) is 13.5 Å². The van der Waals surface area contributed by atoms with Crippen molar-refractivity contribution in [2.75, 3.05) is 12.3 Å². The van der Waals surface area contributed by atoms with Crippen LogP contribution >= 0.6 is 0 Å². The number of allylic oxidation sites excluding steroid dienone is 4. The molecule has 0 aliphatic carbocycles. The molecular formula is C32H41N4O5S+. The number of hydrogen-bond acceptors (Lipinski definition) is 6. The lowest BCUT2D eigenvalue weighted by Crippen LogP contribution is -2.34. The van der Waals surface area contributed by atoms with Crippen LogP contribution in [0, 0.1) is 5.41 Å². The normalized spacial score (nSPS) is 18.4. The van der Waals surface area contributed by atoms with Gasteiger partial charge in [0, 0.05) is 18.7 Å². The van der Waals surface area contributed by atoms with Gasteiger partial charge in [-0.3, -0.25) is 14.4 Å². The molecule has 1 aromatic carbocycles. The molecule has 10 heteroatoms. The van der Waals surface area contributed by atoms with E-state index in [1.54, 1.807) is 0 Å². The van der Waals surface area contributed by atoms with E-state index in [9.17, 15) is 17.8 Å². The number of aliphatic imine (C=N–C) groups is 1. The number of unbranched alkanes of at least 4 members (excludes halogenated alkanes) is 2. The van der Waals surface area contributed by atoms with E-state index in [1.807, 2.05) is 65.8 Å². The highest BCUT2D eigenvalue weighted by Crippen LogP contribution is 2.41. The summed E-state index contributed by atoms with van der Waals surface area (Å²) >= 11 is 0. The van der Waals surface area contributed by atoms with Gasteiger partial charge in [-0.1, -0.05) is 36.4 Å². The molecule has 0 fully saturated rings. The second kappa shape index (κ2) is 12.7. The van der Waals surface area contributed by atoms with E-state index in [0.717, 1.165) is 53.5 Å². The van der Waals surface area contributed by atoms with Crippen LogP contribution in [0.5, 0.6) is 0 Å². The summed E-state index contributed by atoms with van der Waals surface area (Å²) in [6, 6.07) is 14.1. The Kier molecular flexibility index (Phi) is 9.47. The van der Waals surface area contributed by atoms with Gasteiger partial charge in [-0.05, 0) is 88.2 Å². The number of carboxylic acid groups (broad SMARTS) is 1. The first-order valence-electron chi connectivity index (χ1n) is 14.4. The Balaban J connectivity index is 1.57. The summed E-state index contributed by atoms with van der Waals surface area (Å²) < 4.78 is 34.1. The Labute approximate surface area is 248 Å². The van der Waals surface area contributed by atoms with Crippen LogP contribution in [0.15, 0.2) is 82.7 Å². The molecule has 2 N–H and O–H groups in total. The first-order valence-corrected chi connectivity index (χ1v) is 16.0. The number of hydrazone groups is 1. The lowest BCUT2D eigenvalue weighted by molar-refractivity contribution is -0.684. The molecule has 2 aromatic rings. The minimum atomic E-state index is -4.06. The lowest BCUT2D eigenvalue weighted by Gasteiger charge is -2.25. The third-order valence-electron chi connectivity index (χ3n) is 7.93. The van der Waals surface area contributed by atoms with Crippen LogP contribution in [0.25, 0.3) is 0 Å². The standard InChI is InChI=1S/C32H40N4O5S/c1-31(2)25-16-12-21-35(20-10-6-9-19-28(37)38)30(25)33-26(31)17-11-18-27-32(3,4)29(24-14-7-5-8-15-24)34-36(27)22-13-23-42(39,40)41/h5,7-8,11-12,14-18,21H,6,9-10,13,19-20,22-23H2,1-4H3,(H-,37,38,39,40,41)/p+1. The molecule has 4 rings (SSSR count). The predicted molar refractivity (Wildman–Crippen MR) is 165 cm³/mol. The fourth-order valence-electron chi connectivity index (χ4n) is 5.56. The summed E-state index contributed by atoms with van der Waals surface area (Å²) in [4.78, 5) is 15.8. The number of benzene rings is 1. The zero-order valence-corrected chi connectivity index (χ0v) is 25.6. The molecule has 0 atom stereocenters. The third kappa shape index (κ3) is 7.22. The lowest BCUT2D eigenvalue weighted by atomic mass is 9.80. The molecule has 0 bridgehead atoms. The molecule has 224 valence electrons. The Hall–Kier alpha value is -3.63. The fourth-order valence-corrected chi connectivity index (χ4v) is 6.05. The Morgan fingerprint density at radius 3 is 2.43 bits per heavy atom. The van der Waals surface area contributed by atoms with Gasteiger partial charge < -0.3 is 5.11 Å². The average Bonchev–Trinajstić information content (AvgIpc) is 3.32. The molecule has 1 aromatic heterocycles. The maximum atomic E-state index is 11.3. The number of rotatable bonds is 13. The van der Waals surface area contributed by atoms with Crippen LogP contribution in [0.1, 0.15) is 70.9 Å². The summed E-state index contributed by atoms with van der Waals surface area (Å²) in [7, 11) is -4.06. The average molecular weight is 594 g/mol. The van der Waals surface area contributed by atoms with Crippen LogP contribution in [0.3, 0.4) is 0 Å². The van der Waals surface area contributed by atoms with Crippen molar-refractivity contribution < 1.29 is 27.4 Å². The smallest absolute Gasteiger partial charge is 0.327 e. The molecule has 9 nitrogen and oxygen atoms in total. The highest BCUT2D eigenvalue weighted by atomic mass is 32.2. The number of hydrogen-bond donors (Lipinski definition) is 2. The highest BCUT2D eigenvalue weighted by molar-refractivity contribution is 7.85. The summed E-state index contributed by atoms with van der Waals surface area (Å²) in [5.41, 5.74) is 4.15. The van der Waals surface area contributed by atoms with E-state index in [2.05, 4.69) is 38.3 Å². The van der Waals surface area contributed by atoms with Crippen LogP contribution < -0.4 is 4.57 Å². The van der Waals surface area contributed by atoms with Gasteiger partial charge in [0.1, 0.15) is 0 Å². The third-order valence-corrected chi connectivity index (χ3v) is 8.73. The van der Waals surface area contributed by atoms with Gasteiger partial charge in [-0.25, -0.2) is 4.57 Å². The first kappa shape index (κ1) is 31.3. The van der Waals surface area contributed by atoms with Crippen LogP contribution in [0.2, 0.25) is 0 Å². The predicted octanol–water partition coefficient (Wildman–Crippen LogP) is 5.45. The quantitative estimate of drug-likeness (QED) is 0.181. The van der Waals surface area contributed by atoms with Gasteiger partial charge in [-0.15, -0.1) is 0 Å². The molecular weight excluding hydrogens is 552 g/mol. The van der Waals surface area contributed by atoms with E-state index in [4.69, 9.17) is 15.2 Å². The van der Waals surface area contributed by atoms with Crippen molar-refractivity contribution in [3.63, 3.8) is 0 Å². The second-order valence-corrected chi connectivity index (χ2v) is 13.5. The van der Waals surface area contributed by atoms with E-state index in [1.165, 1.54) is 0 Å². The van der Waals surface area contributed by atoms with Crippen LogP contribution in [-0.4, -0.2) is 52.8 Å². The fraction of sp³-hybridized carbons (Fsp3) is 0.438. The Morgan fingerprint density at radius 1 is 1.00 bits per heavy atom. The second-order valence-electron chi connectivity index (χ2n) is 11.9. The van der Waals surface area contributed by atoms with Crippen LogP contribution in [0.4, 0.5) is 5.82 Å². The van der Waals surface area contributed by atoms with E-state index in [0.29, 0.717) is 13.0 Å². The van der Waals surface area contributed by atoms with Gasteiger partial charge >= 0.3 is 11.8 Å². The number of pyridine rings is 1. The van der Waals surface area contributed by atoms with Crippen molar-refractivity contribution in [2.45, 2.75) is 71.8 Å². The summed E-state index contributed by atoms with van der Waals surface area (Å²) in [5, 5.41) is 15.6. The van der Waals surface area contributed by atoms with Gasteiger partial charge in [0.05, 0.1) is 40.6 Å². The number of fused-ring (bicyclic) bond motifs is 1. The van der Waals surface area contributed by atoms with Crippen molar-refractivity contribution in [1.82, 2.24) is 5.01 Å². The minimum Gasteiger partial charge on any atom is -0.481 e. The Bertz CT molecular complexity index is 1540. The summed E-state index contributed by atoms with van der Waals surface area (Å²) in [6.45, 7) is 9.65. The number of aromatic nitrogens is 1. The molecule has 0 unspecified atom stereocenters. The van der Waals surface area contributed by atoms with E-state index < -0.39 is 21.5 Å². The van der Waals surface area contributed by atoms with Gasteiger partial charge in [0.2, 0.25) is 0 Å². The Morgan fingerprint density at radius 2 is 1.74 bits per heavy atom. The molecule has 2 aliphatic rings. The topological polar surface area (TPSA) is 124 Å². The molecule has 42 heavy (non-hydrogen) atoms. The van der Waals surface area contributed by atoms with E-state index >= 15 is 0 Å². The van der Waals surface area contributed by atoms with Crippen molar-refractivity contribution in [3.8, 4) is 0 Å². The number of carboxylic acids is 1. The number of carbonyl (C=O) groups is 1. The summed E-state index contributed by atoms with van der Waals surface area (Å²) in [6.07, 6.45) is 10.9.